The maximum atomic E-state index is 13.2. The van der Waals surface area contributed by atoms with Gasteiger partial charge in [0.25, 0.3) is 11.7 Å². The molecule has 1 aliphatic rings. The summed E-state index contributed by atoms with van der Waals surface area (Å²) in [5.41, 5.74) is 1.90. The van der Waals surface area contributed by atoms with Crippen LogP contribution in [0.1, 0.15) is 36.6 Å². The van der Waals surface area contributed by atoms with Gasteiger partial charge in [0, 0.05) is 24.5 Å². The van der Waals surface area contributed by atoms with Crippen LogP contribution in [0.5, 0.6) is 11.5 Å². The van der Waals surface area contributed by atoms with Gasteiger partial charge >= 0.3 is 0 Å². The van der Waals surface area contributed by atoms with Gasteiger partial charge in [0.05, 0.1) is 24.8 Å². The van der Waals surface area contributed by atoms with Crippen LogP contribution in [0.4, 0.5) is 0 Å². The minimum atomic E-state index is -0.772. The standard InChI is InChI=1S/C27H26N2O5/c1-3-33-21-12-10-19(11-13-21)24-23(25(30)20-8-5-9-22(15-20)34-4-2)26(31)27(32)29(24)17-18-7-6-14-28-16-18/h5-16,24,30H,3-4,17H2,1-2H3/b25-23+. The molecule has 1 amide bonds. The van der Waals surface area contributed by atoms with E-state index in [1.807, 2.05) is 32.0 Å². The summed E-state index contributed by atoms with van der Waals surface area (Å²) >= 11 is 0. The zero-order chi connectivity index (χ0) is 24.1. The maximum Gasteiger partial charge on any atom is 0.295 e. The first-order valence-corrected chi connectivity index (χ1v) is 11.2. The first-order valence-electron chi connectivity index (χ1n) is 11.2. The normalized spacial score (nSPS) is 17.1. The number of rotatable bonds is 8. The second-order valence-corrected chi connectivity index (χ2v) is 7.75. The number of aliphatic hydroxyl groups is 1. The molecule has 0 bridgehead atoms. The molecule has 1 fully saturated rings. The number of carbonyl (C=O) groups excluding carboxylic acids is 2. The van der Waals surface area contributed by atoms with Crippen molar-refractivity contribution in [2.24, 2.45) is 0 Å². The van der Waals surface area contributed by atoms with E-state index in [1.54, 1.807) is 54.9 Å². The summed E-state index contributed by atoms with van der Waals surface area (Å²) < 4.78 is 11.1. The van der Waals surface area contributed by atoms with E-state index in [1.165, 1.54) is 4.90 Å². The largest absolute Gasteiger partial charge is 0.507 e. The minimum Gasteiger partial charge on any atom is -0.507 e. The second-order valence-electron chi connectivity index (χ2n) is 7.75. The quantitative estimate of drug-likeness (QED) is 0.304. The van der Waals surface area contributed by atoms with Crippen LogP contribution in [0.25, 0.3) is 5.76 Å². The van der Waals surface area contributed by atoms with Crippen molar-refractivity contribution in [1.29, 1.82) is 0 Å². The molecule has 0 saturated carbocycles. The molecule has 1 unspecified atom stereocenters. The summed E-state index contributed by atoms with van der Waals surface area (Å²) in [4.78, 5) is 31.9. The fourth-order valence-corrected chi connectivity index (χ4v) is 4.05. The van der Waals surface area contributed by atoms with Crippen molar-refractivity contribution in [1.82, 2.24) is 9.88 Å². The Balaban J connectivity index is 1.82. The van der Waals surface area contributed by atoms with Gasteiger partial charge in [-0.05, 0) is 55.3 Å². The predicted octanol–water partition coefficient (Wildman–Crippen LogP) is 4.50. The van der Waals surface area contributed by atoms with Gasteiger partial charge < -0.3 is 19.5 Å². The number of carbonyl (C=O) groups is 2. The van der Waals surface area contributed by atoms with Crippen molar-refractivity contribution in [3.63, 3.8) is 0 Å². The molecule has 3 aromatic rings. The molecular formula is C27H26N2O5. The van der Waals surface area contributed by atoms with E-state index in [9.17, 15) is 14.7 Å². The average molecular weight is 459 g/mol. The number of pyridine rings is 1. The lowest BCUT2D eigenvalue weighted by Crippen LogP contribution is -2.29. The molecule has 4 rings (SSSR count). The lowest BCUT2D eigenvalue weighted by atomic mass is 9.95. The smallest absolute Gasteiger partial charge is 0.295 e. The number of likely N-dealkylation sites (tertiary alicyclic amines) is 1. The highest BCUT2D eigenvalue weighted by Gasteiger charge is 2.46. The van der Waals surface area contributed by atoms with E-state index >= 15 is 0 Å². The van der Waals surface area contributed by atoms with Crippen molar-refractivity contribution >= 4 is 17.4 Å². The molecule has 1 N–H and O–H groups in total. The molecule has 1 saturated heterocycles. The van der Waals surface area contributed by atoms with Crippen LogP contribution < -0.4 is 9.47 Å². The summed E-state index contributed by atoms with van der Waals surface area (Å²) in [7, 11) is 0. The van der Waals surface area contributed by atoms with Crippen LogP contribution in [0, 0.1) is 0 Å². The zero-order valence-corrected chi connectivity index (χ0v) is 19.1. The second kappa shape index (κ2) is 10.2. The Kier molecular flexibility index (Phi) is 6.92. The topological polar surface area (TPSA) is 89.0 Å². The molecule has 0 radical (unpaired) electrons. The summed E-state index contributed by atoms with van der Waals surface area (Å²) in [6.07, 6.45) is 3.30. The third-order valence-electron chi connectivity index (χ3n) is 5.54. The lowest BCUT2D eigenvalue weighted by molar-refractivity contribution is -0.140. The minimum absolute atomic E-state index is 0.0340. The predicted molar refractivity (Wildman–Crippen MR) is 127 cm³/mol. The highest BCUT2D eigenvalue weighted by molar-refractivity contribution is 6.46. The third-order valence-corrected chi connectivity index (χ3v) is 5.54. The van der Waals surface area contributed by atoms with Gasteiger partial charge in [-0.15, -0.1) is 0 Å². The molecule has 1 aromatic heterocycles. The maximum absolute atomic E-state index is 13.2. The van der Waals surface area contributed by atoms with Gasteiger partial charge in [-0.25, -0.2) is 0 Å². The van der Waals surface area contributed by atoms with E-state index in [0.29, 0.717) is 35.8 Å². The summed E-state index contributed by atoms with van der Waals surface area (Å²) in [5.74, 6) is -0.409. The zero-order valence-electron chi connectivity index (χ0n) is 19.1. The van der Waals surface area contributed by atoms with Gasteiger partial charge in [-0.1, -0.05) is 30.3 Å². The number of ketones is 1. The number of aromatic nitrogens is 1. The first-order chi connectivity index (χ1) is 16.5. The molecule has 7 nitrogen and oxygen atoms in total. The van der Waals surface area contributed by atoms with E-state index in [2.05, 4.69) is 4.98 Å². The molecule has 1 aliphatic heterocycles. The lowest BCUT2D eigenvalue weighted by Gasteiger charge is -2.25. The number of benzene rings is 2. The Bertz CT molecular complexity index is 1210. The SMILES string of the molecule is CCOc1ccc(C2/C(=C(\O)c3cccc(OCC)c3)C(=O)C(=O)N2Cc2cccnc2)cc1. The first kappa shape index (κ1) is 23.0. The van der Waals surface area contributed by atoms with Crippen LogP contribution in [0.15, 0.2) is 78.6 Å². The monoisotopic (exact) mass is 458 g/mol. The van der Waals surface area contributed by atoms with Crippen LogP contribution in [0.3, 0.4) is 0 Å². The molecule has 2 aromatic carbocycles. The Morgan fingerprint density at radius 3 is 2.38 bits per heavy atom. The number of hydrogen-bond donors (Lipinski definition) is 1. The van der Waals surface area contributed by atoms with E-state index in [4.69, 9.17) is 9.47 Å². The molecule has 174 valence electrons. The van der Waals surface area contributed by atoms with Gasteiger partial charge in [0.1, 0.15) is 17.3 Å². The number of ether oxygens (including phenoxy) is 2. The molecule has 34 heavy (non-hydrogen) atoms. The highest BCUT2D eigenvalue weighted by atomic mass is 16.5. The van der Waals surface area contributed by atoms with Crippen molar-refractivity contribution < 1.29 is 24.2 Å². The van der Waals surface area contributed by atoms with Crippen molar-refractivity contribution in [2.45, 2.75) is 26.4 Å². The summed E-state index contributed by atoms with van der Waals surface area (Å²) in [6.45, 7) is 4.92. The van der Waals surface area contributed by atoms with E-state index in [0.717, 1.165) is 5.56 Å². The highest BCUT2D eigenvalue weighted by Crippen LogP contribution is 2.41. The van der Waals surface area contributed by atoms with Gasteiger partial charge in [0.15, 0.2) is 0 Å². The van der Waals surface area contributed by atoms with Crippen molar-refractivity contribution in [2.75, 3.05) is 13.2 Å². The average Bonchev–Trinajstić information content (AvgIpc) is 3.10. The Hall–Kier alpha value is -4.13. The number of aliphatic hydroxyl groups excluding tert-OH is 1. The Labute approximate surface area is 198 Å². The summed E-state index contributed by atoms with van der Waals surface area (Å²) in [5, 5.41) is 11.2. The van der Waals surface area contributed by atoms with Crippen molar-refractivity contribution in [3.05, 3.63) is 95.3 Å². The molecule has 2 heterocycles. The Morgan fingerprint density at radius 1 is 0.971 bits per heavy atom. The van der Waals surface area contributed by atoms with Crippen LogP contribution in [-0.2, 0) is 16.1 Å². The Morgan fingerprint density at radius 2 is 1.71 bits per heavy atom. The molecule has 1 atom stereocenters. The fraction of sp³-hybridized carbons (Fsp3) is 0.222. The van der Waals surface area contributed by atoms with E-state index in [-0.39, 0.29) is 17.9 Å². The molecular weight excluding hydrogens is 432 g/mol. The number of Topliss-reactive ketones (excluding diaryl/α,β-unsaturated/α-hetero) is 1. The van der Waals surface area contributed by atoms with E-state index < -0.39 is 17.7 Å². The molecule has 7 heteroatoms. The molecule has 0 spiro atoms. The van der Waals surface area contributed by atoms with Crippen molar-refractivity contribution in [3.8, 4) is 11.5 Å². The van der Waals surface area contributed by atoms with Crippen LogP contribution >= 0.6 is 0 Å². The third kappa shape index (κ3) is 4.64. The number of nitrogens with zero attached hydrogens (tertiary/aromatic N) is 2. The van der Waals surface area contributed by atoms with Gasteiger partial charge in [-0.3, -0.25) is 14.6 Å². The number of amides is 1. The van der Waals surface area contributed by atoms with Crippen LogP contribution in [0.2, 0.25) is 0 Å². The molecule has 0 aliphatic carbocycles. The van der Waals surface area contributed by atoms with Gasteiger partial charge in [0.2, 0.25) is 0 Å². The van der Waals surface area contributed by atoms with Gasteiger partial charge in [-0.2, -0.15) is 0 Å². The fourth-order valence-electron chi connectivity index (χ4n) is 4.05. The number of hydrogen-bond acceptors (Lipinski definition) is 6. The van der Waals surface area contributed by atoms with Crippen LogP contribution in [-0.4, -0.2) is 39.9 Å². The summed E-state index contributed by atoms with van der Waals surface area (Å²) in [6, 6.07) is 16.9.